The average molecular weight is 245 g/mol. The van der Waals surface area contributed by atoms with E-state index in [2.05, 4.69) is 4.90 Å². The van der Waals surface area contributed by atoms with E-state index in [0.717, 1.165) is 38.9 Å². The van der Waals surface area contributed by atoms with Crippen molar-refractivity contribution in [1.29, 1.82) is 0 Å². The molecule has 0 amide bonds. The fourth-order valence-corrected chi connectivity index (χ4v) is 2.18. The van der Waals surface area contributed by atoms with Gasteiger partial charge in [0.1, 0.15) is 0 Å². The highest BCUT2D eigenvalue weighted by molar-refractivity contribution is 4.80. The van der Waals surface area contributed by atoms with Crippen LogP contribution in [0.25, 0.3) is 0 Å². The summed E-state index contributed by atoms with van der Waals surface area (Å²) in [5.74, 6) is 0.478. The van der Waals surface area contributed by atoms with E-state index in [9.17, 15) is 5.11 Å². The highest BCUT2D eigenvalue weighted by atomic mass is 16.5. The lowest BCUT2D eigenvalue weighted by atomic mass is 9.96. The molecule has 0 bridgehead atoms. The normalized spacial score (nSPS) is 21.7. The number of hydrogen-bond acceptors (Lipinski definition) is 4. The van der Waals surface area contributed by atoms with Crippen LogP contribution in [0, 0.1) is 5.92 Å². The van der Waals surface area contributed by atoms with Gasteiger partial charge in [-0.2, -0.15) is 0 Å². The van der Waals surface area contributed by atoms with Crippen LogP contribution >= 0.6 is 0 Å². The molecule has 4 heteroatoms. The lowest BCUT2D eigenvalue weighted by molar-refractivity contribution is -0.0829. The number of methoxy groups -OCH3 is 1. The van der Waals surface area contributed by atoms with Gasteiger partial charge in [0.05, 0.1) is 11.7 Å². The molecule has 4 nitrogen and oxygen atoms in total. The first kappa shape index (κ1) is 14.9. The SMILES string of the molecule is COC(C)(C)C(O)CCN1CCC(CO)CC1. The number of nitrogens with zero attached hydrogens (tertiary/aromatic N) is 1. The van der Waals surface area contributed by atoms with Gasteiger partial charge in [-0.05, 0) is 52.1 Å². The maximum atomic E-state index is 10.0. The first-order chi connectivity index (χ1) is 7.99. The second kappa shape index (κ2) is 6.69. The van der Waals surface area contributed by atoms with Crippen LogP contribution in [0.2, 0.25) is 0 Å². The summed E-state index contributed by atoms with van der Waals surface area (Å²) >= 11 is 0. The molecule has 0 radical (unpaired) electrons. The Kier molecular flexibility index (Phi) is 5.86. The van der Waals surface area contributed by atoms with Crippen LogP contribution in [0.4, 0.5) is 0 Å². The van der Waals surface area contributed by atoms with E-state index in [0.29, 0.717) is 12.5 Å². The third-order valence-corrected chi connectivity index (χ3v) is 4.01. The van der Waals surface area contributed by atoms with Crippen LogP contribution in [0.5, 0.6) is 0 Å². The molecule has 0 aromatic rings. The topological polar surface area (TPSA) is 52.9 Å². The minimum Gasteiger partial charge on any atom is -0.396 e. The molecule has 0 aromatic carbocycles. The van der Waals surface area contributed by atoms with Gasteiger partial charge in [0.25, 0.3) is 0 Å². The van der Waals surface area contributed by atoms with Gasteiger partial charge in [0.2, 0.25) is 0 Å². The summed E-state index contributed by atoms with van der Waals surface area (Å²) in [6, 6.07) is 0. The molecule has 17 heavy (non-hydrogen) atoms. The standard InChI is InChI=1S/C13H27NO3/c1-13(2,17-3)12(16)6-9-14-7-4-11(10-15)5-8-14/h11-12,15-16H,4-10H2,1-3H3. The maximum Gasteiger partial charge on any atom is 0.0880 e. The van der Waals surface area contributed by atoms with Gasteiger partial charge < -0.3 is 19.8 Å². The highest BCUT2D eigenvalue weighted by Crippen LogP contribution is 2.20. The Bertz CT molecular complexity index is 213. The summed E-state index contributed by atoms with van der Waals surface area (Å²) in [6.45, 7) is 7.11. The largest absolute Gasteiger partial charge is 0.396 e. The number of piperidine rings is 1. The van der Waals surface area contributed by atoms with Crippen molar-refractivity contribution < 1.29 is 14.9 Å². The predicted octanol–water partition coefficient (Wildman–Crippen LogP) is 0.867. The number of likely N-dealkylation sites (tertiary alicyclic amines) is 1. The average Bonchev–Trinajstić information content (AvgIpc) is 2.36. The Morgan fingerprint density at radius 2 is 1.94 bits per heavy atom. The molecule has 0 spiro atoms. The van der Waals surface area contributed by atoms with Gasteiger partial charge in [-0.25, -0.2) is 0 Å². The summed E-state index contributed by atoms with van der Waals surface area (Å²) in [4.78, 5) is 2.36. The van der Waals surface area contributed by atoms with Gasteiger partial charge in [0, 0.05) is 20.3 Å². The molecular formula is C13H27NO3. The molecule has 0 saturated carbocycles. The van der Waals surface area contributed by atoms with Gasteiger partial charge in [-0.3, -0.25) is 0 Å². The minimum atomic E-state index is -0.469. The van der Waals surface area contributed by atoms with Crippen molar-refractivity contribution >= 4 is 0 Å². The zero-order valence-electron chi connectivity index (χ0n) is 11.4. The van der Waals surface area contributed by atoms with E-state index in [1.165, 1.54) is 0 Å². The molecule has 1 aliphatic rings. The third kappa shape index (κ3) is 4.54. The zero-order valence-corrected chi connectivity index (χ0v) is 11.4. The molecule has 1 fully saturated rings. The number of aliphatic hydroxyl groups is 2. The van der Waals surface area contributed by atoms with Gasteiger partial charge in [-0.1, -0.05) is 0 Å². The molecule has 0 aliphatic carbocycles. The van der Waals surface area contributed by atoms with Crippen LogP contribution in [0.3, 0.4) is 0 Å². The lowest BCUT2D eigenvalue weighted by Crippen LogP contribution is -2.42. The minimum absolute atomic E-state index is 0.313. The molecule has 1 atom stereocenters. The first-order valence-corrected chi connectivity index (χ1v) is 6.56. The Balaban J connectivity index is 2.23. The zero-order chi connectivity index (χ0) is 12.9. The fourth-order valence-electron chi connectivity index (χ4n) is 2.18. The Labute approximate surface area is 105 Å². The molecule has 1 unspecified atom stereocenters. The number of hydrogen-bond donors (Lipinski definition) is 2. The Morgan fingerprint density at radius 3 is 2.41 bits per heavy atom. The summed E-state index contributed by atoms with van der Waals surface area (Å²) in [7, 11) is 1.63. The van der Waals surface area contributed by atoms with Crippen LogP contribution < -0.4 is 0 Å². The van der Waals surface area contributed by atoms with Crippen molar-refractivity contribution in [1.82, 2.24) is 4.90 Å². The monoisotopic (exact) mass is 245 g/mol. The lowest BCUT2D eigenvalue weighted by Gasteiger charge is -2.34. The highest BCUT2D eigenvalue weighted by Gasteiger charge is 2.28. The Morgan fingerprint density at radius 1 is 1.35 bits per heavy atom. The van der Waals surface area contributed by atoms with Gasteiger partial charge >= 0.3 is 0 Å². The van der Waals surface area contributed by atoms with E-state index in [1.807, 2.05) is 13.8 Å². The van der Waals surface area contributed by atoms with Crippen LogP contribution in [-0.2, 0) is 4.74 Å². The first-order valence-electron chi connectivity index (χ1n) is 6.56. The smallest absolute Gasteiger partial charge is 0.0880 e. The predicted molar refractivity (Wildman–Crippen MR) is 68.0 cm³/mol. The molecular weight excluding hydrogens is 218 g/mol. The van der Waals surface area contributed by atoms with Crippen molar-refractivity contribution in [2.45, 2.75) is 44.8 Å². The molecule has 0 aromatic heterocycles. The maximum absolute atomic E-state index is 10.0. The summed E-state index contributed by atoms with van der Waals surface area (Å²) in [6.07, 6.45) is 2.45. The number of ether oxygens (including phenoxy) is 1. The van der Waals surface area contributed by atoms with Crippen molar-refractivity contribution in [2.24, 2.45) is 5.92 Å². The molecule has 1 heterocycles. The second-order valence-electron chi connectivity index (χ2n) is 5.58. The van der Waals surface area contributed by atoms with E-state index >= 15 is 0 Å². The van der Waals surface area contributed by atoms with E-state index in [4.69, 9.17) is 9.84 Å². The number of rotatable bonds is 6. The van der Waals surface area contributed by atoms with Crippen molar-refractivity contribution in [3.63, 3.8) is 0 Å². The Hall–Kier alpha value is -0.160. The van der Waals surface area contributed by atoms with Crippen molar-refractivity contribution in [3.8, 4) is 0 Å². The quantitative estimate of drug-likeness (QED) is 0.729. The summed E-state index contributed by atoms with van der Waals surface area (Å²) in [5.41, 5.74) is -0.469. The molecule has 2 N–H and O–H groups in total. The molecule has 102 valence electrons. The van der Waals surface area contributed by atoms with Crippen molar-refractivity contribution in [3.05, 3.63) is 0 Å². The summed E-state index contributed by atoms with van der Waals surface area (Å²) < 4.78 is 5.27. The third-order valence-electron chi connectivity index (χ3n) is 4.01. The van der Waals surface area contributed by atoms with E-state index in [1.54, 1.807) is 7.11 Å². The van der Waals surface area contributed by atoms with Gasteiger partial charge in [0.15, 0.2) is 0 Å². The molecule has 1 aliphatic heterocycles. The van der Waals surface area contributed by atoms with Gasteiger partial charge in [-0.15, -0.1) is 0 Å². The molecule has 1 saturated heterocycles. The molecule has 1 rings (SSSR count). The van der Waals surface area contributed by atoms with Crippen LogP contribution in [-0.4, -0.2) is 60.2 Å². The van der Waals surface area contributed by atoms with E-state index in [-0.39, 0.29) is 0 Å². The van der Waals surface area contributed by atoms with E-state index < -0.39 is 11.7 Å². The van der Waals surface area contributed by atoms with Crippen LogP contribution in [0.15, 0.2) is 0 Å². The number of aliphatic hydroxyl groups excluding tert-OH is 2. The van der Waals surface area contributed by atoms with Crippen molar-refractivity contribution in [2.75, 3.05) is 33.4 Å². The summed E-state index contributed by atoms with van der Waals surface area (Å²) in [5, 5.41) is 19.1. The fraction of sp³-hybridized carbons (Fsp3) is 1.00. The second-order valence-corrected chi connectivity index (χ2v) is 5.58. The van der Waals surface area contributed by atoms with Crippen LogP contribution in [0.1, 0.15) is 33.1 Å².